The standard InChI is InChI=1S/C21H22N4O2S2/c22-29(26,27)20-12-6-16(7-13-20)14-15-23-21(28)25-19-10-8-18(9-11-19)24-17-4-2-1-3-5-17/h1-13,24H,14-15H2,(H2,22,26,27)(H2,23,25,28). The third-order valence-electron chi connectivity index (χ3n) is 4.16. The zero-order valence-electron chi connectivity index (χ0n) is 15.6. The van der Waals surface area contributed by atoms with E-state index in [1.165, 1.54) is 12.1 Å². The monoisotopic (exact) mass is 426 g/mol. The van der Waals surface area contributed by atoms with Crippen molar-refractivity contribution in [2.75, 3.05) is 17.2 Å². The fraction of sp³-hybridized carbons (Fsp3) is 0.0952. The average molecular weight is 427 g/mol. The molecule has 0 aromatic heterocycles. The van der Waals surface area contributed by atoms with Gasteiger partial charge in [0, 0.05) is 23.6 Å². The molecule has 0 fully saturated rings. The molecule has 0 heterocycles. The number of thiocarbonyl (C=S) groups is 1. The Labute approximate surface area is 176 Å². The molecule has 3 rings (SSSR count). The van der Waals surface area contributed by atoms with Crippen LogP contribution in [0.2, 0.25) is 0 Å². The Bertz CT molecular complexity index is 1050. The van der Waals surface area contributed by atoms with Crippen molar-refractivity contribution >= 4 is 44.4 Å². The molecule has 0 amide bonds. The predicted octanol–water partition coefficient (Wildman–Crippen LogP) is 3.61. The van der Waals surface area contributed by atoms with Crippen molar-refractivity contribution in [3.63, 3.8) is 0 Å². The molecule has 0 aliphatic rings. The maximum absolute atomic E-state index is 11.3. The highest BCUT2D eigenvalue weighted by Crippen LogP contribution is 2.18. The average Bonchev–Trinajstić information content (AvgIpc) is 2.70. The quantitative estimate of drug-likeness (QED) is 0.431. The lowest BCUT2D eigenvalue weighted by atomic mass is 10.1. The number of benzene rings is 3. The van der Waals surface area contributed by atoms with Gasteiger partial charge in [0.05, 0.1) is 4.90 Å². The summed E-state index contributed by atoms with van der Waals surface area (Å²) in [5.74, 6) is 0. The first-order valence-corrected chi connectivity index (χ1v) is 10.9. The van der Waals surface area contributed by atoms with Crippen molar-refractivity contribution in [2.24, 2.45) is 5.14 Å². The highest BCUT2D eigenvalue weighted by atomic mass is 32.2. The largest absolute Gasteiger partial charge is 0.362 e. The molecular formula is C21H22N4O2S2. The molecule has 0 radical (unpaired) electrons. The summed E-state index contributed by atoms with van der Waals surface area (Å²) >= 11 is 5.33. The van der Waals surface area contributed by atoms with Crippen molar-refractivity contribution in [3.8, 4) is 0 Å². The second-order valence-corrected chi connectivity index (χ2v) is 8.36. The van der Waals surface area contributed by atoms with Gasteiger partial charge in [0.15, 0.2) is 5.11 Å². The van der Waals surface area contributed by atoms with Crippen molar-refractivity contribution in [3.05, 3.63) is 84.4 Å². The maximum Gasteiger partial charge on any atom is 0.238 e. The van der Waals surface area contributed by atoms with Crippen molar-refractivity contribution in [2.45, 2.75) is 11.3 Å². The van der Waals surface area contributed by atoms with E-state index in [0.717, 1.165) is 22.6 Å². The molecule has 3 aromatic carbocycles. The smallest absolute Gasteiger partial charge is 0.238 e. The lowest BCUT2D eigenvalue weighted by molar-refractivity contribution is 0.598. The van der Waals surface area contributed by atoms with E-state index in [4.69, 9.17) is 17.4 Å². The summed E-state index contributed by atoms with van der Waals surface area (Å²) in [4.78, 5) is 0.108. The van der Waals surface area contributed by atoms with Crippen LogP contribution in [-0.4, -0.2) is 20.1 Å². The number of rotatable bonds is 7. The molecule has 0 unspecified atom stereocenters. The van der Waals surface area contributed by atoms with E-state index in [-0.39, 0.29) is 4.90 Å². The molecule has 6 nitrogen and oxygen atoms in total. The van der Waals surface area contributed by atoms with E-state index in [9.17, 15) is 8.42 Å². The van der Waals surface area contributed by atoms with Crippen molar-refractivity contribution in [1.82, 2.24) is 5.32 Å². The van der Waals surface area contributed by atoms with Crippen LogP contribution >= 0.6 is 12.2 Å². The van der Waals surface area contributed by atoms with Crippen LogP contribution in [0.5, 0.6) is 0 Å². The van der Waals surface area contributed by atoms with E-state index in [2.05, 4.69) is 16.0 Å². The highest BCUT2D eigenvalue weighted by molar-refractivity contribution is 7.89. The molecule has 0 saturated carbocycles. The molecule has 0 aliphatic heterocycles. The Kier molecular flexibility index (Phi) is 6.82. The van der Waals surface area contributed by atoms with Crippen LogP contribution in [0.1, 0.15) is 5.56 Å². The molecule has 0 aliphatic carbocycles. The van der Waals surface area contributed by atoms with E-state index in [1.54, 1.807) is 12.1 Å². The minimum Gasteiger partial charge on any atom is -0.362 e. The fourth-order valence-corrected chi connectivity index (χ4v) is 3.40. The SMILES string of the molecule is NS(=O)(=O)c1ccc(CCNC(=S)Nc2ccc(Nc3ccccc3)cc2)cc1. The van der Waals surface area contributed by atoms with Gasteiger partial charge in [-0.1, -0.05) is 30.3 Å². The van der Waals surface area contributed by atoms with E-state index < -0.39 is 10.0 Å². The number of nitrogens with one attached hydrogen (secondary N) is 3. The number of para-hydroxylation sites is 1. The number of hydrogen-bond acceptors (Lipinski definition) is 4. The summed E-state index contributed by atoms with van der Waals surface area (Å²) < 4.78 is 22.5. The van der Waals surface area contributed by atoms with E-state index in [0.29, 0.717) is 18.1 Å². The van der Waals surface area contributed by atoms with Crippen LogP contribution < -0.4 is 21.1 Å². The first-order valence-electron chi connectivity index (χ1n) is 8.99. The summed E-state index contributed by atoms with van der Waals surface area (Å²) in [6.45, 7) is 0.619. The summed E-state index contributed by atoms with van der Waals surface area (Å²) in [5.41, 5.74) is 3.90. The second-order valence-electron chi connectivity index (χ2n) is 6.39. The maximum atomic E-state index is 11.3. The Morgan fingerprint density at radius 3 is 2.03 bits per heavy atom. The highest BCUT2D eigenvalue weighted by Gasteiger charge is 2.06. The fourth-order valence-electron chi connectivity index (χ4n) is 2.67. The van der Waals surface area contributed by atoms with Gasteiger partial charge in [-0.25, -0.2) is 13.6 Å². The zero-order valence-corrected chi connectivity index (χ0v) is 17.3. The molecule has 5 N–H and O–H groups in total. The van der Waals surface area contributed by atoms with E-state index in [1.807, 2.05) is 54.6 Å². The molecule has 0 saturated heterocycles. The number of anilines is 3. The van der Waals surface area contributed by atoms with E-state index >= 15 is 0 Å². The third kappa shape index (κ3) is 6.56. The summed E-state index contributed by atoms with van der Waals surface area (Å²) in [6.07, 6.45) is 0.701. The molecule has 29 heavy (non-hydrogen) atoms. The van der Waals surface area contributed by atoms with Crippen LogP contribution in [0, 0.1) is 0 Å². The summed E-state index contributed by atoms with van der Waals surface area (Å²) in [5, 5.41) is 15.2. The summed E-state index contributed by atoms with van der Waals surface area (Å²) in [6, 6.07) is 24.3. The molecular weight excluding hydrogens is 404 g/mol. The van der Waals surface area contributed by atoms with Gasteiger partial charge in [0.1, 0.15) is 0 Å². The van der Waals surface area contributed by atoms with Crippen molar-refractivity contribution < 1.29 is 8.42 Å². The Hall–Kier alpha value is -2.94. The van der Waals surface area contributed by atoms with Gasteiger partial charge in [-0.2, -0.15) is 0 Å². The molecule has 0 bridgehead atoms. The number of sulfonamides is 1. The number of primary sulfonamides is 1. The van der Waals surface area contributed by atoms with Gasteiger partial charge < -0.3 is 16.0 Å². The Morgan fingerprint density at radius 1 is 0.828 bits per heavy atom. The number of hydrogen-bond donors (Lipinski definition) is 4. The first kappa shape index (κ1) is 20.8. The van der Waals surface area contributed by atoms with Gasteiger partial charge in [-0.05, 0) is 72.7 Å². The van der Waals surface area contributed by atoms with Gasteiger partial charge in [0.2, 0.25) is 10.0 Å². The second kappa shape index (κ2) is 9.51. The lowest BCUT2D eigenvalue weighted by Crippen LogP contribution is -2.30. The minimum absolute atomic E-state index is 0.108. The third-order valence-corrected chi connectivity index (χ3v) is 5.33. The Balaban J connectivity index is 1.44. The molecule has 150 valence electrons. The predicted molar refractivity (Wildman–Crippen MR) is 122 cm³/mol. The van der Waals surface area contributed by atoms with Crippen LogP contribution in [0.3, 0.4) is 0 Å². The Morgan fingerprint density at radius 2 is 1.41 bits per heavy atom. The minimum atomic E-state index is -3.66. The van der Waals surface area contributed by atoms with Gasteiger partial charge in [0.25, 0.3) is 0 Å². The van der Waals surface area contributed by atoms with Gasteiger partial charge in [-0.15, -0.1) is 0 Å². The van der Waals surface area contributed by atoms with Crippen LogP contribution in [0.4, 0.5) is 17.1 Å². The zero-order chi connectivity index (χ0) is 20.7. The summed E-state index contributed by atoms with van der Waals surface area (Å²) in [7, 11) is -3.66. The van der Waals surface area contributed by atoms with Gasteiger partial charge >= 0.3 is 0 Å². The molecule has 0 atom stereocenters. The van der Waals surface area contributed by atoms with Crippen LogP contribution in [-0.2, 0) is 16.4 Å². The van der Waals surface area contributed by atoms with Crippen LogP contribution in [0.15, 0.2) is 83.8 Å². The molecule has 3 aromatic rings. The lowest BCUT2D eigenvalue weighted by Gasteiger charge is -2.12. The van der Waals surface area contributed by atoms with Crippen molar-refractivity contribution in [1.29, 1.82) is 0 Å². The molecule has 8 heteroatoms. The van der Waals surface area contributed by atoms with Crippen LogP contribution in [0.25, 0.3) is 0 Å². The molecule has 0 spiro atoms. The van der Waals surface area contributed by atoms with Gasteiger partial charge in [-0.3, -0.25) is 0 Å². The first-order chi connectivity index (χ1) is 13.9. The number of nitrogens with two attached hydrogens (primary N) is 1. The normalized spacial score (nSPS) is 10.9. The topological polar surface area (TPSA) is 96.2 Å².